The van der Waals surface area contributed by atoms with Crippen molar-refractivity contribution in [3.8, 4) is 0 Å². The molecule has 0 aliphatic rings. The zero-order chi connectivity index (χ0) is 17.4. The third-order valence-corrected chi connectivity index (χ3v) is 6.10. The van der Waals surface area contributed by atoms with Gasteiger partial charge in [-0.15, -0.1) is 0 Å². The van der Waals surface area contributed by atoms with Crippen molar-refractivity contribution in [1.29, 1.82) is 0 Å². The maximum absolute atomic E-state index is 12.9. The molecule has 0 radical (unpaired) electrons. The average Bonchev–Trinajstić information content (AvgIpc) is 2.98. The molecule has 0 aromatic carbocycles. The van der Waals surface area contributed by atoms with E-state index in [1.165, 1.54) is 4.31 Å². The van der Waals surface area contributed by atoms with E-state index in [0.717, 1.165) is 17.8 Å². The lowest BCUT2D eigenvalue weighted by molar-refractivity contribution is 0.464. The molecule has 0 saturated heterocycles. The van der Waals surface area contributed by atoms with Crippen molar-refractivity contribution in [3.63, 3.8) is 0 Å². The van der Waals surface area contributed by atoms with Crippen molar-refractivity contribution in [2.45, 2.75) is 59.1 Å². The summed E-state index contributed by atoms with van der Waals surface area (Å²) in [6.07, 6.45) is 1.90. The number of sulfonamides is 1. The molecule has 0 aliphatic carbocycles. The Morgan fingerprint density at radius 2 is 1.74 bits per heavy atom. The number of hydrogen-bond donors (Lipinski definition) is 0. The molecule has 0 unspecified atom stereocenters. The highest BCUT2D eigenvalue weighted by atomic mass is 32.2. The van der Waals surface area contributed by atoms with Crippen LogP contribution in [0.2, 0.25) is 0 Å². The molecule has 0 atom stereocenters. The lowest BCUT2D eigenvalue weighted by atomic mass is 10.3. The van der Waals surface area contributed by atoms with Crippen LogP contribution in [0.5, 0.6) is 0 Å². The van der Waals surface area contributed by atoms with Gasteiger partial charge >= 0.3 is 0 Å². The Bertz CT molecular complexity index is 804. The van der Waals surface area contributed by atoms with Crippen LogP contribution in [0.1, 0.15) is 36.5 Å². The molecule has 128 valence electrons. The van der Waals surface area contributed by atoms with Gasteiger partial charge in [-0.3, -0.25) is 9.36 Å². The number of hydrogen-bond acceptors (Lipinski definition) is 4. The van der Waals surface area contributed by atoms with Gasteiger partial charge in [0.1, 0.15) is 4.90 Å². The van der Waals surface area contributed by atoms with Crippen molar-refractivity contribution in [2.24, 2.45) is 0 Å². The van der Waals surface area contributed by atoms with Crippen LogP contribution in [0.25, 0.3) is 0 Å². The molecule has 0 spiro atoms. The first-order valence-electron chi connectivity index (χ1n) is 7.75. The molecule has 2 heterocycles. The maximum Gasteiger partial charge on any atom is 0.246 e. The highest BCUT2D eigenvalue weighted by Crippen LogP contribution is 2.24. The largest absolute Gasteiger partial charge is 0.272 e. The van der Waals surface area contributed by atoms with Crippen molar-refractivity contribution in [3.05, 3.63) is 28.8 Å². The summed E-state index contributed by atoms with van der Waals surface area (Å²) in [5.74, 6) is 0. The highest BCUT2D eigenvalue weighted by Gasteiger charge is 2.29. The molecular weight excluding hydrogens is 314 g/mol. The quantitative estimate of drug-likeness (QED) is 0.805. The zero-order valence-electron chi connectivity index (χ0n) is 14.7. The van der Waals surface area contributed by atoms with Crippen molar-refractivity contribution in [2.75, 3.05) is 7.05 Å². The van der Waals surface area contributed by atoms with Crippen LogP contribution in [-0.4, -0.2) is 39.3 Å². The van der Waals surface area contributed by atoms with Gasteiger partial charge in [-0.25, -0.2) is 8.42 Å². The van der Waals surface area contributed by atoms with E-state index in [1.807, 2.05) is 31.6 Å². The van der Waals surface area contributed by atoms with Crippen LogP contribution in [-0.2, 0) is 29.7 Å². The molecule has 7 nitrogen and oxygen atoms in total. The van der Waals surface area contributed by atoms with Crippen molar-refractivity contribution in [1.82, 2.24) is 23.9 Å². The average molecular weight is 339 g/mol. The van der Waals surface area contributed by atoms with E-state index in [9.17, 15) is 8.42 Å². The standard InChI is InChI=1S/C15H25N5O2S/c1-7-19-10-14(11(3)16-19)9-18(6)23(21,22)15-12(4)17-20(8-2)13(15)5/h10H,7-9H2,1-6H3. The van der Waals surface area contributed by atoms with Gasteiger partial charge in [0.2, 0.25) is 10.0 Å². The third kappa shape index (κ3) is 3.18. The fourth-order valence-corrected chi connectivity index (χ4v) is 4.23. The molecule has 0 N–H and O–H groups in total. The van der Waals surface area contributed by atoms with Crippen LogP contribution in [0.4, 0.5) is 0 Å². The second-order valence-electron chi connectivity index (χ2n) is 5.67. The molecule has 8 heteroatoms. The highest BCUT2D eigenvalue weighted by molar-refractivity contribution is 7.89. The molecule has 2 rings (SSSR count). The number of aryl methyl sites for hydroxylation is 4. The van der Waals surface area contributed by atoms with Gasteiger partial charge in [0, 0.05) is 38.4 Å². The summed E-state index contributed by atoms with van der Waals surface area (Å²) >= 11 is 0. The second-order valence-corrected chi connectivity index (χ2v) is 7.65. The van der Waals surface area contributed by atoms with Crippen molar-refractivity contribution < 1.29 is 8.42 Å². The first-order valence-corrected chi connectivity index (χ1v) is 9.19. The number of rotatable bonds is 6. The predicted octanol–water partition coefficient (Wildman–Crippen LogP) is 1.87. The first kappa shape index (κ1) is 17.7. The lowest BCUT2D eigenvalue weighted by Gasteiger charge is -2.17. The molecule has 0 saturated carbocycles. The lowest BCUT2D eigenvalue weighted by Crippen LogP contribution is -2.27. The van der Waals surface area contributed by atoms with Gasteiger partial charge in [0.15, 0.2) is 0 Å². The fraction of sp³-hybridized carbons (Fsp3) is 0.600. The summed E-state index contributed by atoms with van der Waals surface area (Å²) < 4.78 is 30.8. The normalized spacial score (nSPS) is 12.3. The Labute approximate surface area is 138 Å². The summed E-state index contributed by atoms with van der Waals surface area (Å²) in [5.41, 5.74) is 2.98. The molecule has 2 aromatic rings. The smallest absolute Gasteiger partial charge is 0.246 e. The molecule has 0 bridgehead atoms. The fourth-order valence-electron chi connectivity index (χ4n) is 2.72. The summed E-state index contributed by atoms with van der Waals surface area (Å²) in [7, 11) is -1.99. The molecule has 2 aromatic heterocycles. The monoisotopic (exact) mass is 339 g/mol. The topological polar surface area (TPSA) is 73.0 Å². The number of aromatic nitrogens is 4. The summed E-state index contributed by atoms with van der Waals surface area (Å²) in [4.78, 5) is 0.308. The van der Waals surface area contributed by atoms with E-state index in [-0.39, 0.29) is 0 Å². The van der Waals surface area contributed by atoms with Crippen LogP contribution >= 0.6 is 0 Å². The van der Waals surface area contributed by atoms with E-state index in [2.05, 4.69) is 10.2 Å². The van der Waals surface area contributed by atoms with Gasteiger partial charge < -0.3 is 0 Å². The Kier molecular flexibility index (Phi) is 4.95. The van der Waals surface area contributed by atoms with E-state index < -0.39 is 10.0 Å². The van der Waals surface area contributed by atoms with Gasteiger partial charge in [0.25, 0.3) is 0 Å². The van der Waals surface area contributed by atoms with Crippen LogP contribution in [0.15, 0.2) is 11.1 Å². The molecule has 23 heavy (non-hydrogen) atoms. The summed E-state index contributed by atoms with van der Waals surface area (Å²) in [6, 6.07) is 0. The molecular formula is C15H25N5O2S. The third-order valence-electron chi connectivity index (χ3n) is 4.05. The summed E-state index contributed by atoms with van der Waals surface area (Å²) in [5, 5.41) is 8.68. The molecule has 0 aliphatic heterocycles. The van der Waals surface area contributed by atoms with E-state index in [4.69, 9.17) is 0 Å². The molecule has 0 fully saturated rings. The van der Waals surface area contributed by atoms with Crippen LogP contribution in [0, 0.1) is 20.8 Å². The number of nitrogens with zero attached hydrogens (tertiary/aromatic N) is 5. The minimum Gasteiger partial charge on any atom is -0.272 e. The molecule has 0 amide bonds. The Morgan fingerprint density at radius 3 is 2.22 bits per heavy atom. The summed E-state index contributed by atoms with van der Waals surface area (Å²) in [6.45, 7) is 11.1. The first-order chi connectivity index (χ1) is 10.7. The van der Waals surface area contributed by atoms with Gasteiger partial charge in [-0.1, -0.05) is 0 Å². The predicted molar refractivity (Wildman–Crippen MR) is 88.7 cm³/mol. The maximum atomic E-state index is 12.9. The van der Waals surface area contributed by atoms with E-state index in [0.29, 0.717) is 29.4 Å². The van der Waals surface area contributed by atoms with Crippen LogP contribution in [0.3, 0.4) is 0 Å². The Hall–Kier alpha value is -1.67. The van der Waals surface area contributed by atoms with E-state index in [1.54, 1.807) is 25.6 Å². The SMILES string of the molecule is CCn1cc(CN(C)S(=O)(=O)c2c(C)nn(CC)c2C)c(C)n1. The van der Waals surface area contributed by atoms with Crippen molar-refractivity contribution >= 4 is 10.0 Å². The van der Waals surface area contributed by atoms with Crippen LogP contribution < -0.4 is 0 Å². The zero-order valence-corrected chi connectivity index (χ0v) is 15.5. The Balaban J connectivity index is 2.36. The second kappa shape index (κ2) is 6.45. The van der Waals surface area contributed by atoms with Gasteiger partial charge in [-0.2, -0.15) is 14.5 Å². The minimum atomic E-state index is -3.59. The van der Waals surface area contributed by atoms with Gasteiger partial charge in [0.05, 0.1) is 17.1 Å². The van der Waals surface area contributed by atoms with E-state index >= 15 is 0 Å². The Morgan fingerprint density at radius 1 is 1.09 bits per heavy atom. The minimum absolute atomic E-state index is 0.296. The van der Waals surface area contributed by atoms with Gasteiger partial charge in [-0.05, 0) is 34.6 Å².